The van der Waals surface area contributed by atoms with Crippen LogP contribution in [0.25, 0.3) is 6.08 Å². The molecule has 1 saturated heterocycles. The van der Waals surface area contributed by atoms with Crippen molar-refractivity contribution in [1.29, 1.82) is 0 Å². The second-order valence-electron chi connectivity index (χ2n) is 8.62. The summed E-state index contributed by atoms with van der Waals surface area (Å²) in [6.07, 6.45) is 1.75. The molecule has 3 aromatic carbocycles. The van der Waals surface area contributed by atoms with E-state index in [4.69, 9.17) is 21.3 Å². The van der Waals surface area contributed by atoms with Crippen molar-refractivity contribution in [3.8, 4) is 11.5 Å². The highest BCUT2D eigenvalue weighted by Crippen LogP contribution is 2.40. The molecule has 5 nitrogen and oxygen atoms in total. The number of carbonyl (C=O) groups excluding carboxylic acids is 1. The average Bonchev–Trinajstić information content (AvgIpc) is 3.04. The first-order valence-corrected chi connectivity index (χ1v) is 12.5. The van der Waals surface area contributed by atoms with Crippen LogP contribution in [0.2, 0.25) is 5.02 Å². The number of rotatable bonds is 5. The van der Waals surface area contributed by atoms with Gasteiger partial charge in [0.15, 0.2) is 16.7 Å². The maximum Gasteiger partial charge on any atom is 0.271 e. The summed E-state index contributed by atoms with van der Waals surface area (Å²) in [7, 11) is 0. The zero-order chi connectivity index (χ0) is 25.3. The minimum Gasteiger partial charge on any atom is -0.503 e. The van der Waals surface area contributed by atoms with Crippen LogP contribution >= 0.6 is 23.4 Å². The van der Waals surface area contributed by atoms with Crippen molar-refractivity contribution in [1.82, 2.24) is 0 Å². The summed E-state index contributed by atoms with van der Waals surface area (Å²) in [6, 6.07) is 15.4. The van der Waals surface area contributed by atoms with E-state index in [9.17, 15) is 9.90 Å². The number of aryl methyl sites for hydroxylation is 4. The molecule has 3 aromatic rings. The number of aromatic hydroxyl groups is 1. The number of hydrogen-bond donors (Lipinski definition) is 1. The third kappa shape index (κ3) is 5.55. The highest BCUT2D eigenvalue weighted by molar-refractivity contribution is 8.19. The van der Waals surface area contributed by atoms with E-state index in [1.54, 1.807) is 23.1 Å². The van der Waals surface area contributed by atoms with Crippen molar-refractivity contribution < 1.29 is 14.6 Å². The molecule has 0 aliphatic carbocycles. The summed E-state index contributed by atoms with van der Waals surface area (Å²) in [6.45, 7) is 10.3. The van der Waals surface area contributed by atoms with Crippen LogP contribution in [-0.2, 0) is 4.79 Å². The molecule has 1 aliphatic heterocycles. The van der Waals surface area contributed by atoms with Crippen LogP contribution < -0.4 is 9.64 Å². The zero-order valence-corrected chi connectivity index (χ0v) is 21.9. The molecule has 35 heavy (non-hydrogen) atoms. The Bertz CT molecular complexity index is 1340. The standard InChI is InChI=1S/C28H27ClN2O3S/c1-6-34-24-14-20(13-23(29)26(24)32)15-25-27(33)31(22-11-18(4)8-19(5)12-22)28(35-25)30-21-9-16(2)7-17(3)10-21/h7-15,32H,6H2,1-5H3/b25-15+,30-28?. The normalized spacial score (nSPS) is 15.9. The van der Waals surface area contributed by atoms with Gasteiger partial charge >= 0.3 is 0 Å². The van der Waals surface area contributed by atoms with Gasteiger partial charge in [-0.1, -0.05) is 23.7 Å². The van der Waals surface area contributed by atoms with Crippen LogP contribution in [0.4, 0.5) is 11.4 Å². The van der Waals surface area contributed by atoms with Crippen molar-refractivity contribution in [3.05, 3.63) is 86.3 Å². The van der Waals surface area contributed by atoms with Gasteiger partial charge in [0.25, 0.3) is 5.91 Å². The average molecular weight is 507 g/mol. The van der Waals surface area contributed by atoms with Crippen LogP contribution in [0.15, 0.2) is 58.4 Å². The molecular formula is C28H27ClN2O3S. The lowest BCUT2D eigenvalue weighted by Gasteiger charge is -2.17. The molecule has 0 aromatic heterocycles. The summed E-state index contributed by atoms with van der Waals surface area (Å²) in [5.74, 6) is -0.0159. The molecule has 0 unspecified atom stereocenters. The number of anilines is 1. The predicted octanol–water partition coefficient (Wildman–Crippen LogP) is 7.49. The molecule has 1 aliphatic rings. The molecule has 4 rings (SSSR count). The van der Waals surface area contributed by atoms with E-state index in [0.29, 0.717) is 22.2 Å². The molecule has 0 atom stereocenters. The Hall–Kier alpha value is -3.22. The van der Waals surface area contributed by atoms with Crippen molar-refractivity contribution >= 4 is 51.9 Å². The topological polar surface area (TPSA) is 62.1 Å². The van der Waals surface area contributed by atoms with Gasteiger partial charge in [-0.15, -0.1) is 0 Å². The predicted molar refractivity (Wildman–Crippen MR) is 146 cm³/mol. The third-order valence-corrected chi connectivity index (χ3v) is 6.61. The van der Waals surface area contributed by atoms with Gasteiger partial charge in [0.1, 0.15) is 0 Å². The first kappa shape index (κ1) is 24.9. The molecule has 7 heteroatoms. The SMILES string of the molecule is CCOc1cc(/C=C2/SC(=Nc3cc(C)cc(C)c3)N(c3cc(C)cc(C)c3)C2=O)cc(Cl)c1O. The number of benzene rings is 3. The van der Waals surface area contributed by atoms with Gasteiger partial charge in [-0.25, -0.2) is 4.99 Å². The monoisotopic (exact) mass is 506 g/mol. The maximum atomic E-state index is 13.7. The fourth-order valence-corrected chi connectivity index (χ4v) is 5.30. The largest absolute Gasteiger partial charge is 0.503 e. The van der Waals surface area contributed by atoms with E-state index < -0.39 is 0 Å². The lowest BCUT2D eigenvalue weighted by Crippen LogP contribution is -2.28. The van der Waals surface area contributed by atoms with Gasteiger partial charge in [0, 0.05) is 0 Å². The Morgan fingerprint density at radius 3 is 2.17 bits per heavy atom. The number of amidine groups is 1. The summed E-state index contributed by atoms with van der Waals surface area (Å²) in [5, 5.41) is 10.9. The van der Waals surface area contributed by atoms with Gasteiger partial charge in [-0.2, -0.15) is 0 Å². The zero-order valence-electron chi connectivity index (χ0n) is 20.3. The Balaban J connectivity index is 1.83. The second-order valence-corrected chi connectivity index (χ2v) is 10.0. The first-order chi connectivity index (χ1) is 16.6. The molecule has 1 amide bonds. The smallest absolute Gasteiger partial charge is 0.271 e. The Morgan fingerprint density at radius 1 is 0.971 bits per heavy atom. The number of hydrogen-bond acceptors (Lipinski definition) is 5. The van der Waals surface area contributed by atoms with Gasteiger partial charge in [0.05, 0.1) is 27.9 Å². The van der Waals surface area contributed by atoms with E-state index in [1.165, 1.54) is 11.8 Å². The minimum atomic E-state index is -0.176. The van der Waals surface area contributed by atoms with Crippen LogP contribution in [0, 0.1) is 27.7 Å². The van der Waals surface area contributed by atoms with Crippen molar-refractivity contribution in [2.45, 2.75) is 34.6 Å². The summed E-state index contributed by atoms with van der Waals surface area (Å²) in [4.78, 5) is 20.7. The van der Waals surface area contributed by atoms with Crippen molar-refractivity contribution in [3.63, 3.8) is 0 Å². The number of phenols is 1. The van der Waals surface area contributed by atoms with E-state index in [0.717, 1.165) is 33.6 Å². The molecule has 1 fully saturated rings. The summed E-state index contributed by atoms with van der Waals surface area (Å²) < 4.78 is 5.50. The van der Waals surface area contributed by atoms with Crippen LogP contribution in [0.1, 0.15) is 34.7 Å². The maximum absolute atomic E-state index is 13.7. The quantitative estimate of drug-likeness (QED) is 0.364. The molecule has 1 N–H and O–H groups in total. The fourth-order valence-electron chi connectivity index (χ4n) is 4.08. The number of thioether (sulfide) groups is 1. The molecule has 180 valence electrons. The van der Waals surface area contributed by atoms with Crippen LogP contribution in [-0.4, -0.2) is 22.8 Å². The highest BCUT2D eigenvalue weighted by Gasteiger charge is 2.35. The Morgan fingerprint density at radius 2 is 1.57 bits per heavy atom. The number of nitrogens with zero attached hydrogens (tertiary/aromatic N) is 2. The molecule has 0 spiro atoms. The molecule has 0 saturated carbocycles. The van der Waals surface area contributed by atoms with Crippen LogP contribution in [0.3, 0.4) is 0 Å². The minimum absolute atomic E-state index is 0.116. The number of ether oxygens (including phenoxy) is 1. The molecule has 0 radical (unpaired) electrons. The van der Waals surface area contributed by atoms with Crippen LogP contribution in [0.5, 0.6) is 11.5 Å². The number of halogens is 1. The van der Waals surface area contributed by atoms with Gasteiger partial charge in [0.2, 0.25) is 0 Å². The first-order valence-electron chi connectivity index (χ1n) is 11.3. The second kappa shape index (κ2) is 10.2. The summed E-state index contributed by atoms with van der Waals surface area (Å²) in [5.41, 5.74) is 6.55. The number of carbonyl (C=O) groups is 1. The molecule has 0 bridgehead atoms. The van der Waals surface area contributed by atoms with Gasteiger partial charge in [-0.05, 0) is 117 Å². The highest BCUT2D eigenvalue weighted by atomic mass is 35.5. The van der Waals surface area contributed by atoms with E-state index in [2.05, 4.69) is 12.1 Å². The van der Waals surface area contributed by atoms with Gasteiger partial charge < -0.3 is 9.84 Å². The van der Waals surface area contributed by atoms with Crippen molar-refractivity contribution in [2.24, 2.45) is 4.99 Å². The number of phenolic OH excluding ortho intramolecular Hbond substituents is 1. The Kier molecular flexibility index (Phi) is 7.24. The third-order valence-electron chi connectivity index (χ3n) is 5.35. The number of aliphatic imine (C=N–C) groups is 1. The lowest BCUT2D eigenvalue weighted by molar-refractivity contribution is -0.113. The van der Waals surface area contributed by atoms with E-state index in [1.807, 2.05) is 58.9 Å². The van der Waals surface area contributed by atoms with Gasteiger partial charge in [-0.3, -0.25) is 9.69 Å². The molecule has 1 heterocycles. The van der Waals surface area contributed by atoms with E-state index >= 15 is 0 Å². The fraction of sp³-hybridized carbons (Fsp3) is 0.214. The summed E-state index contributed by atoms with van der Waals surface area (Å²) >= 11 is 7.52. The lowest BCUT2D eigenvalue weighted by atomic mass is 10.1. The van der Waals surface area contributed by atoms with Crippen molar-refractivity contribution in [2.75, 3.05) is 11.5 Å². The molecular weight excluding hydrogens is 480 g/mol. The number of amides is 1. The Labute approximate surface area is 215 Å². The van der Waals surface area contributed by atoms with E-state index in [-0.39, 0.29) is 22.4 Å².